The van der Waals surface area contributed by atoms with Crippen LogP contribution in [0.15, 0.2) is 0 Å². The molecule has 0 aromatic heterocycles. The SMILES string of the molecule is CC(C)OC(=O)CNC1(CO)CCC1. The van der Waals surface area contributed by atoms with Crippen molar-refractivity contribution in [1.82, 2.24) is 5.32 Å². The van der Waals surface area contributed by atoms with E-state index in [1.54, 1.807) is 0 Å². The average molecular weight is 201 g/mol. The number of carbonyl (C=O) groups excluding carboxylic acids is 1. The Labute approximate surface area is 84.6 Å². The molecule has 82 valence electrons. The van der Waals surface area contributed by atoms with Gasteiger partial charge in [-0.05, 0) is 33.1 Å². The Hall–Kier alpha value is -0.610. The second-order valence-electron chi connectivity index (χ2n) is 4.18. The van der Waals surface area contributed by atoms with Crippen molar-refractivity contribution in [2.75, 3.05) is 13.2 Å². The van der Waals surface area contributed by atoms with Crippen LogP contribution in [0.2, 0.25) is 0 Å². The fraction of sp³-hybridized carbons (Fsp3) is 0.900. The van der Waals surface area contributed by atoms with Crippen LogP contribution < -0.4 is 5.32 Å². The molecule has 0 bridgehead atoms. The standard InChI is InChI=1S/C10H19NO3/c1-8(2)14-9(13)6-11-10(7-12)4-3-5-10/h8,11-12H,3-7H2,1-2H3. The number of esters is 1. The summed E-state index contributed by atoms with van der Waals surface area (Å²) in [6.45, 7) is 3.94. The van der Waals surface area contributed by atoms with Gasteiger partial charge in [-0.1, -0.05) is 0 Å². The summed E-state index contributed by atoms with van der Waals surface area (Å²) in [5.74, 6) is -0.250. The van der Waals surface area contributed by atoms with Gasteiger partial charge in [0.25, 0.3) is 0 Å². The summed E-state index contributed by atoms with van der Waals surface area (Å²) >= 11 is 0. The molecule has 14 heavy (non-hydrogen) atoms. The van der Waals surface area contributed by atoms with Crippen molar-refractivity contribution in [3.05, 3.63) is 0 Å². The minimum absolute atomic E-state index is 0.0734. The van der Waals surface area contributed by atoms with Crippen LogP contribution in [0.4, 0.5) is 0 Å². The first-order valence-electron chi connectivity index (χ1n) is 5.13. The maximum atomic E-state index is 11.2. The second kappa shape index (κ2) is 4.75. The molecule has 0 atom stereocenters. The zero-order valence-electron chi connectivity index (χ0n) is 8.88. The van der Waals surface area contributed by atoms with Crippen LogP contribution in [-0.4, -0.2) is 35.9 Å². The fourth-order valence-corrected chi connectivity index (χ4v) is 1.56. The highest BCUT2D eigenvalue weighted by Crippen LogP contribution is 2.30. The molecule has 0 aromatic carbocycles. The van der Waals surface area contributed by atoms with E-state index in [0.29, 0.717) is 0 Å². The number of ether oxygens (including phenoxy) is 1. The van der Waals surface area contributed by atoms with Crippen molar-refractivity contribution in [3.8, 4) is 0 Å². The van der Waals surface area contributed by atoms with Crippen molar-refractivity contribution in [2.45, 2.75) is 44.8 Å². The lowest BCUT2D eigenvalue weighted by Gasteiger charge is -2.40. The minimum Gasteiger partial charge on any atom is -0.462 e. The van der Waals surface area contributed by atoms with Crippen LogP contribution in [0.5, 0.6) is 0 Å². The normalized spacial score (nSPS) is 19.1. The van der Waals surface area contributed by atoms with Gasteiger partial charge in [0.2, 0.25) is 0 Å². The molecule has 0 amide bonds. The Bertz CT molecular complexity index is 194. The third-order valence-corrected chi connectivity index (χ3v) is 2.59. The van der Waals surface area contributed by atoms with E-state index >= 15 is 0 Å². The Morgan fingerprint density at radius 3 is 2.57 bits per heavy atom. The van der Waals surface area contributed by atoms with E-state index in [-0.39, 0.29) is 30.8 Å². The molecule has 1 rings (SSSR count). The van der Waals surface area contributed by atoms with Gasteiger partial charge in [-0.3, -0.25) is 10.1 Å². The molecular weight excluding hydrogens is 182 g/mol. The zero-order chi connectivity index (χ0) is 10.6. The molecule has 0 unspecified atom stereocenters. The summed E-state index contributed by atoms with van der Waals surface area (Å²) in [5.41, 5.74) is -0.212. The summed E-state index contributed by atoms with van der Waals surface area (Å²) in [7, 11) is 0. The van der Waals surface area contributed by atoms with Gasteiger partial charge in [0.15, 0.2) is 0 Å². The molecule has 1 aliphatic rings. The molecule has 0 aromatic rings. The molecule has 4 nitrogen and oxygen atoms in total. The number of nitrogens with one attached hydrogen (secondary N) is 1. The lowest BCUT2D eigenvalue weighted by molar-refractivity contribution is -0.147. The molecular formula is C10H19NO3. The van der Waals surface area contributed by atoms with Crippen molar-refractivity contribution >= 4 is 5.97 Å². The first-order chi connectivity index (χ1) is 6.58. The van der Waals surface area contributed by atoms with Crippen molar-refractivity contribution < 1.29 is 14.6 Å². The monoisotopic (exact) mass is 201 g/mol. The molecule has 2 N–H and O–H groups in total. The first-order valence-corrected chi connectivity index (χ1v) is 5.13. The Morgan fingerprint density at radius 2 is 2.21 bits per heavy atom. The lowest BCUT2D eigenvalue weighted by atomic mass is 9.77. The lowest BCUT2D eigenvalue weighted by Crippen LogP contribution is -2.55. The van der Waals surface area contributed by atoms with E-state index < -0.39 is 0 Å². The minimum atomic E-state index is -0.250. The summed E-state index contributed by atoms with van der Waals surface area (Å²) in [4.78, 5) is 11.2. The van der Waals surface area contributed by atoms with E-state index in [2.05, 4.69) is 5.32 Å². The number of carbonyl (C=O) groups is 1. The molecule has 0 aliphatic heterocycles. The van der Waals surface area contributed by atoms with Gasteiger partial charge in [0, 0.05) is 5.54 Å². The van der Waals surface area contributed by atoms with Crippen molar-refractivity contribution in [3.63, 3.8) is 0 Å². The maximum absolute atomic E-state index is 11.2. The summed E-state index contributed by atoms with van der Waals surface area (Å²) in [6.07, 6.45) is 2.93. The van der Waals surface area contributed by atoms with Crippen molar-refractivity contribution in [2.24, 2.45) is 0 Å². The highest BCUT2D eigenvalue weighted by Gasteiger charge is 2.36. The van der Waals surface area contributed by atoms with Crippen LogP contribution in [0, 0.1) is 0 Å². The number of hydrogen-bond acceptors (Lipinski definition) is 4. The molecule has 0 heterocycles. The topological polar surface area (TPSA) is 58.6 Å². The second-order valence-corrected chi connectivity index (χ2v) is 4.18. The summed E-state index contributed by atoms with van der Waals surface area (Å²) in [5, 5.41) is 12.2. The number of hydrogen-bond donors (Lipinski definition) is 2. The van der Waals surface area contributed by atoms with Gasteiger partial charge in [-0.25, -0.2) is 0 Å². The van der Waals surface area contributed by atoms with Crippen LogP contribution in [0.25, 0.3) is 0 Å². The molecule has 0 radical (unpaired) electrons. The van der Waals surface area contributed by atoms with E-state index in [9.17, 15) is 4.79 Å². The predicted octanol–water partition coefficient (Wildman–Crippen LogP) is 0.443. The van der Waals surface area contributed by atoms with Crippen LogP contribution in [-0.2, 0) is 9.53 Å². The summed E-state index contributed by atoms with van der Waals surface area (Å²) < 4.78 is 4.98. The molecule has 0 spiro atoms. The van der Waals surface area contributed by atoms with Crippen LogP contribution >= 0.6 is 0 Å². The van der Waals surface area contributed by atoms with Crippen LogP contribution in [0.1, 0.15) is 33.1 Å². The fourth-order valence-electron chi connectivity index (χ4n) is 1.56. The van der Waals surface area contributed by atoms with Gasteiger partial charge in [-0.15, -0.1) is 0 Å². The van der Waals surface area contributed by atoms with Gasteiger partial charge in [-0.2, -0.15) is 0 Å². The third kappa shape index (κ3) is 2.96. The van der Waals surface area contributed by atoms with Gasteiger partial charge < -0.3 is 9.84 Å². The average Bonchev–Trinajstić information content (AvgIpc) is 2.01. The van der Waals surface area contributed by atoms with Gasteiger partial charge >= 0.3 is 5.97 Å². The first kappa shape index (κ1) is 11.5. The third-order valence-electron chi connectivity index (χ3n) is 2.59. The Morgan fingerprint density at radius 1 is 1.57 bits per heavy atom. The van der Waals surface area contributed by atoms with Gasteiger partial charge in [0.05, 0.1) is 19.3 Å². The van der Waals surface area contributed by atoms with Crippen LogP contribution in [0.3, 0.4) is 0 Å². The molecule has 4 heteroatoms. The Kier molecular flexibility index (Phi) is 3.89. The van der Waals surface area contributed by atoms with E-state index in [1.807, 2.05) is 13.8 Å². The molecule has 1 saturated carbocycles. The molecule has 0 saturated heterocycles. The predicted molar refractivity (Wildman–Crippen MR) is 52.9 cm³/mol. The number of aliphatic hydroxyl groups is 1. The largest absolute Gasteiger partial charge is 0.462 e. The number of aliphatic hydroxyl groups excluding tert-OH is 1. The highest BCUT2D eigenvalue weighted by atomic mass is 16.5. The van der Waals surface area contributed by atoms with E-state index in [4.69, 9.17) is 9.84 Å². The van der Waals surface area contributed by atoms with Gasteiger partial charge in [0.1, 0.15) is 0 Å². The Balaban J connectivity index is 2.22. The smallest absolute Gasteiger partial charge is 0.320 e. The quantitative estimate of drug-likeness (QED) is 0.634. The summed E-state index contributed by atoms with van der Waals surface area (Å²) in [6, 6.07) is 0. The van der Waals surface area contributed by atoms with E-state index in [0.717, 1.165) is 19.3 Å². The van der Waals surface area contributed by atoms with Crippen molar-refractivity contribution in [1.29, 1.82) is 0 Å². The maximum Gasteiger partial charge on any atom is 0.320 e. The zero-order valence-corrected chi connectivity index (χ0v) is 8.88. The molecule has 1 fully saturated rings. The molecule has 1 aliphatic carbocycles. The van der Waals surface area contributed by atoms with E-state index in [1.165, 1.54) is 0 Å². The number of rotatable bonds is 5. The highest BCUT2D eigenvalue weighted by molar-refractivity contribution is 5.71.